The van der Waals surface area contributed by atoms with Crippen LogP contribution in [0.2, 0.25) is 0 Å². The van der Waals surface area contributed by atoms with Crippen LogP contribution in [0.15, 0.2) is 30.6 Å². The fourth-order valence-electron chi connectivity index (χ4n) is 3.33. The van der Waals surface area contributed by atoms with Crippen molar-refractivity contribution >= 4 is 22.1 Å². The Balaban J connectivity index is 1.78. The monoisotopic (exact) mass is 284 g/mol. The summed E-state index contributed by atoms with van der Waals surface area (Å²) in [6.07, 6.45) is 6.17. The molecule has 1 aromatic heterocycles. The summed E-state index contributed by atoms with van der Waals surface area (Å²) < 4.78 is 0. The number of nitrogens with two attached hydrogens (primary N) is 1. The van der Waals surface area contributed by atoms with Gasteiger partial charge in [-0.25, -0.2) is 0 Å². The van der Waals surface area contributed by atoms with Gasteiger partial charge in [-0.2, -0.15) is 0 Å². The van der Waals surface area contributed by atoms with E-state index in [0.29, 0.717) is 0 Å². The number of aromatic nitrogens is 1. The lowest BCUT2D eigenvalue weighted by Gasteiger charge is -2.35. The summed E-state index contributed by atoms with van der Waals surface area (Å²) in [4.78, 5) is 8.88. The predicted octanol–water partition coefficient (Wildman–Crippen LogP) is 2.60. The first kappa shape index (κ1) is 14.1. The Kier molecular flexibility index (Phi) is 3.97. The first-order valence-electron chi connectivity index (χ1n) is 7.67. The van der Waals surface area contributed by atoms with Crippen molar-refractivity contribution in [1.29, 1.82) is 0 Å². The van der Waals surface area contributed by atoms with Crippen molar-refractivity contribution in [1.82, 2.24) is 9.88 Å². The maximum absolute atomic E-state index is 6.39. The van der Waals surface area contributed by atoms with Crippen LogP contribution in [0.25, 0.3) is 10.8 Å². The van der Waals surface area contributed by atoms with Crippen molar-refractivity contribution in [2.45, 2.75) is 12.8 Å². The Morgan fingerprint density at radius 1 is 1.24 bits per heavy atom. The van der Waals surface area contributed by atoms with Gasteiger partial charge in [0.15, 0.2) is 0 Å². The first-order valence-corrected chi connectivity index (χ1v) is 7.67. The van der Waals surface area contributed by atoms with E-state index in [2.05, 4.69) is 41.0 Å². The molecule has 0 atom stereocenters. The molecule has 1 saturated heterocycles. The van der Waals surface area contributed by atoms with Crippen molar-refractivity contribution in [3.63, 3.8) is 0 Å². The summed E-state index contributed by atoms with van der Waals surface area (Å²) in [6, 6.07) is 6.28. The zero-order chi connectivity index (χ0) is 14.8. The summed E-state index contributed by atoms with van der Waals surface area (Å²) in [5.41, 5.74) is 8.46. The highest BCUT2D eigenvalue weighted by Crippen LogP contribution is 2.33. The van der Waals surface area contributed by atoms with E-state index in [1.807, 2.05) is 18.5 Å². The first-order chi connectivity index (χ1) is 10.1. The van der Waals surface area contributed by atoms with Gasteiger partial charge in [-0.15, -0.1) is 0 Å². The van der Waals surface area contributed by atoms with Crippen LogP contribution in [0.1, 0.15) is 12.8 Å². The van der Waals surface area contributed by atoms with Crippen LogP contribution in [-0.2, 0) is 0 Å². The number of nitrogen functional groups attached to an aromatic ring is 1. The second kappa shape index (κ2) is 5.90. The fourth-order valence-corrected chi connectivity index (χ4v) is 3.33. The van der Waals surface area contributed by atoms with Crippen molar-refractivity contribution in [2.75, 3.05) is 44.4 Å². The molecule has 0 unspecified atom stereocenters. The molecule has 0 saturated carbocycles. The van der Waals surface area contributed by atoms with Crippen LogP contribution in [0.4, 0.5) is 11.4 Å². The number of rotatable bonds is 3. The molecule has 1 aliphatic heterocycles. The molecule has 3 rings (SSSR count). The topological polar surface area (TPSA) is 45.4 Å². The van der Waals surface area contributed by atoms with E-state index in [0.717, 1.165) is 35.5 Å². The van der Waals surface area contributed by atoms with Gasteiger partial charge < -0.3 is 15.5 Å². The van der Waals surface area contributed by atoms with Crippen LogP contribution in [0, 0.1) is 5.92 Å². The molecule has 112 valence electrons. The molecule has 0 bridgehead atoms. The highest BCUT2D eigenvalue weighted by molar-refractivity contribution is 5.98. The highest BCUT2D eigenvalue weighted by Gasteiger charge is 2.21. The normalized spacial score (nSPS) is 16.8. The Morgan fingerprint density at radius 2 is 2.00 bits per heavy atom. The predicted molar refractivity (Wildman–Crippen MR) is 89.6 cm³/mol. The number of hydrogen-bond donors (Lipinski definition) is 1. The molecule has 4 nitrogen and oxygen atoms in total. The number of nitrogens with zero attached hydrogens (tertiary/aromatic N) is 3. The van der Waals surface area contributed by atoms with Gasteiger partial charge in [0.1, 0.15) is 0 Å². The minimum atomic E-state index is 0.808. The maximum atomic E-state index is 6.39. The van der Waals surface area contributed by atoms with E-state index in [1.165, 1.54) is 25.1 Å². The van der Waals surface area contributed by atoms with E-state index >= 15 is 0 Å². The average molecular weight is 284 g/mol. The van der Waals surface area contributed by atoms with E-state index in [-0.39, 0.29) is 0 Å². The van der Waals surface area contributed by atoms with Crippen molar-refractivity contribution in [3.8, 4) is 0 Å². The molecule has 0 radical (unpaired) electrons. The zero-order valence-electron chi connectivity index (χ0n) is 12.9. The number of pyridine rings is 1. The number of benzene rings is 1. The molecular formula is C17H24N4. The SMILES string of the molecule is CN(C)CC1CCN(c2ccc3cnccc3c2N)CC1. The largest absolute Gasteiger partial charge is 0.397 e. The fraction of sp³-hybridized carbons (Fsp3) is 0.471. The van der Waals surface area contributed by atoms with Gasteiger partial charge in [0.25, 0.3) is 0 Å². The standard InChI is InChI=1S/C17H24N4/c1-20(2)12-13-6-9-21(10-7-13)16-4-3-14-11-19-8-5-15(14)17(16)18/h3-5,8,11,13H,6-7,9-10,12,18H2,1-2H3. The Hall–Kier alpha value is -1.81. The van der Waals surface area contributed by atoms with Crippen LogP contribution in [-0.4, -0.2) is 43.6 Å². The molecule has 2 N–H and O–H groups in total. The van der Waals surface area contributed by atoms with Gasteiger partial charge >= 0.3 is 0 Å². The van der Waals surface area contributed by atoms with Gasteiger partial charge in [-0.05, 0) is 45.0 Å². The zero-order valence-corrected chi connectivity index (χ0v) is 12.9. The number of anilines is 2. The minimum Gasteiger partial charge on any atom is -0.397 e. The molecule has 1 aromatic carbocycles. The second-order valence-corrected chi connectivity index (χ2v) is 6.29. The lowest BCUT2D eigenvalue weighted by Crippen LogP contribution is -2.37. The summed E-state index contributed by atoms with van der Waals surface area (Å²) >= 11 is 0. The van der Waals surface area contributed by atoms with Crippen molar-refractivity contribution in [2.24, 2.45) is 5.92 Å². The van der Waals surface area contributed by atoms with Crippen molar-refractivity contribution in [3.05, 3.63) is 30.6 Å². The third-order valence-corrected chi connectivity index (χ3v) is 4.42. The third-order valence-electron chi connectivity index (χ3n) is 4.42. The molecule has 0 aliphatic carbocycles. The van der Waals surface area contributed by atoms with Crippen LogP contribution < -0.4 is 10.6 Å². The van der Waals surface area contributed by atoms with Crippen LogP contribution >= 0.6 is 0 Å². The quantitative estimate of drug-likeness (QED) is 0.880. The van der Waals surface area contributed by atoms with Gasteiger partial charge in [0.05, 0.1) is 11.4 Å². The van der Waals surface area contributed by atoms with E-state index < -0.39 is 0 Å². The smallest absolute Gasteiger partial charge is 0.0632 e. The van der Waals surface area contributed by atoms with Gasteiger partial charge in [0.2, 0.25) is 0 Å². The lowest BCUT2D eigenvalue weighted by molar-refractivity contribution is 0.285. The highest BCUT2D eigenvalue weighted by atomic mass is 15.1. The van der Waals surface area contributed by atoms with Crippen molar-refractivity contribution < 1.29 is 0 Å². The van der Waals surface area contributed by atoms with Gasteiger partial charge in [-0.3, -0.25) is 4.98 Å². The second-order valence-electron chi connectivity index (χ2n) is 6.29. The van der Waals surface area contributed by atoms with Gasteiger partial charge in [0, 0.05) is 42.8 Å². The van der Waals surface area contributed by atoms with E-state index in [9.17, 15) is 0 Å². The molecule has 21 heavy (non-hydrogen) atoms. The molecule has 2 heterocycles. The van der Waals surface area contributed by atoms with Gasteiger partial charge in [-0.1, -0.05) is 6.07 Å². The van der Waals surface area contributed by atoms with Crippen LogP contribution in [0.5, 0.6) is 0 Å². The molecular weight excluding hydrogens is 260 g/mol. The molecule has 4 heteroatoms. The average Bonchev–Trinajstić information content (AvgIpc) is 2.48. The Labute approximate surface area is 126 Å². The number of hydrogen-bond acceptors (Lipinski definition) is 4. The maximum Gasteiger partial charge on any atom is 0.0632 e. The van der Waals surface area contributed by atoms with E-state index in [4.69, 9.17) is 5.73 Å². The summed E-state index contributed by atoms with van der Waals surface area (Å²) in [7, 11) is 4.31. The minimum absolute atomic E-state index is 0.808. The Bertz CT molecular complexity index is 615. The lowest BCUT2D eigenvalue weighted by atomic mass is 9.95. The summed E-state index contributed by atoms with van der Waals surface area (Å²) in [5.74, 6) is 0.808. The Morgan fingerprint density at radius 3 is 2.71 bits per heavy atom. The summed E-state index contributed by atoms with van der Waals surface area (Å²) in [6.45, 7) is 3.38. The third kappa shape index (κ3) is 2.95. The summed E-state index contributed by atoms with van der Waals surface area (Å²) in [5, 5.41) is 2.22. The molecule has 2 aromatic rings. The molecule has 0 amide bonds. The molecule has 1 fully saturated rings. The number of piperidine rings is 1. The molecule has 1 aliphatic rings. The number of fused-ring (bicyclic) bond motifs is 1. The van der Waals surface area contributed by atoms with Crippen LogP contribution in [0.3, 0.4) is 0 Å². The molecule has 0 spiro atoms. The van der Waals surface area contributed by atoms with E-state index in [1.54, 1.807) is 0 Å².